The Balaban J connectivity index is 1.83. The molecule has 0 bridgehead atoms. The predicted octanol–water partition coefficient (Wildman–Crippen LogP) is 2.29. The van der Waals surface area contributed by atoms with Crippen LogP contribution in [0.4, 0.5) is 0 Å². The summed E-state index contributed by atoms with van der Waals surface area (Å²) < 4.78 is 5.73. The predicted molar refractivity (Wildman–Crippen MR) is 102 cm³/mol. The second-order valence-corrected chi connectivity index (χ2v) is 5.81. The van der Waals surface area contributed by atoms with Gasteiger partial charge < -0.3 is 15.2 Å². The lowest BCUT2D eigenvalue weighted by Crippen LogP contribution is -2.39. The molecule has 1 amide bonds. The quantitative estimate of drug-likeness (QED) is 0.499. The molecule has 2 aromatic carbocycles. The van der Waals surface area contributed by atoms with Gasteiger partial charge in [-0.25, -0.2) is 0 Å². The Morgan fingerprint density at radius 2 is 1.92 bits per heavy atom. The minimum atomic E-state index is -0.296. The van der Waals surface area contributed by atoms with E-state index in [1.165, 1.54) is 5.56 Å². The van der Waals surface area contributed by atoms with E-state index < -0.39 is 0 Å². The van der Waals surface area contributed by atoms with Crippen LogP contribution in [0.15, 0.2) is 54.6 Å². The zero-order valence-corrected chi connectivity index (χ0v) is 14.7. The first-order chi connectivity index (χ1) is 12.2. The highest BCUT2D eigenvalue weighted by Crippen LogP contribution is 2.14. The van der Waals surface area contributed by atoms with Gasteiger partial charge in [-0.05, 0) is 42.4 Å². The first kappa shape index (κ1) is 18.9. The second kappa shape index (κ2) is 10.4. The summed E-state index contributed by atoms with van der Waals surface area (Å²) >= 11 is 5.04. The second-order valence-electron chi connectivity index (χ2n) is 5.40. The fraction of sp³-hybridized carbons (Fsp3) is 0.263. The van der Waals surface area contributed by atoms with E-state index in [0.717, 1.165) is 6.42 Å². The summed E-state index contributed by atoms with van der Waals surface area (Å²) in [4.78, 5) is 12.2. The molecule has 0 unspecified atom stereocenters. The maximum Gasteiger partial charge on any atom is 0.257 e. The third-order valence-electron chi connectivity index (χ3n) is 3.45. The number of hydrogen-bond acceptors (Lipinski definition) is 4. The number of hydrogen-bond donors (Lipinski definition) is 3. The van der Waals surface area contributed by atoms with E-state index >= 15 is 0 Å². The molecule has 2 aromatic rings. The molecule has 0 saturated carbocycles. The average molecular weight is 358 g/mol. The van der Waals surface area contributed by atoms with Crippen molar-refractivity contribution in [2.24, 2.45) is 0 Å². The molecule has 0 atom stereocenters. The van der Waals surface area contributed by atoms with E-state index in [2.05, 4.69) is 22.8 Å². The molecule has 0 fully saturated rings. The Morgan fingerprint density at radius 1 is 1.12 bits per heavy atom. The maximum absolute atomic E-state index is 12.2. The topological polar surface area (TPSA) is 70.6 Å². The minimum Gasteiger partial charge on any atom is -0.493 e. The molecule has 0 aliphatic carbocycles. The van der Waals surface area contributed by atoms with Crippen molar-refractivity contribution in [3.63, 3.8) is 0 Å². The van der Waals surface area contributed by atoms with Gasteiger partial charge in [0.25, 0.3) is 5.91 Å². The lowest BCUT2D eigenvalue weighted by atomic mass is 10.2. The van der Waals surface area contributed by atoms with Crippen molar-refractivity contribution in [1.82, 2.24) is 10.6 Å². The fourth-order valence-corrected chi connectivity index (χ4v) is 2.35. The van der Waals surface area contributed by atoms with Gasteiger partial charge in [0, 0.05) is 25.1 Å². The number of amides is 1. The SMILES string of the molecule is O=C(NC(=S)NCCCO)c1cccc(OCCc2ccccc2)c1. The van der Waals surface area contributed by atoms with Gasteiger partial charge in [0.05, 0.1) is 6.61 Å². The highest BCUT2D eigenvalue weighted by molar-refractivity contribution is 7.80. The average Bonchev–Trinajstić information content (AvgIpc) is 2.63. The molecule has 0 aliphatic heterocycles. The van der Waals surface area contributed by atoms with Crippen LogP contribution in [-0.4, -0.2) is 35.9 Å². The number of aliphatic hydroxyl groups excluding tert-OH is 1. The van der Waals surface area contributed by atoms with Crippen LogP contribution >= 0.6 is 12.2 Å². The molecule has 25 heavy (non-hydrogen) atoms. The first-order valence-electron chi connectivity index (χ1n) is 8.16. The first-order valence-corrected chi connectivity index (χ1v) is 8.56. The summed E-state index contributed by atoms with van der Waals surface area (Å²) in [6.07, 6.45) is 1.37. The van der Waals surface area contributed by atoms with Crippen LogP contribution < -0.4 is 15.4 Å². The Labute approximate surface area is 153 Å². The van der Waals surface area contributed by atoms with E-state index in [1.54, 1.807) is 18.2 Å². The van der Waals surface area contributed by atoms with Crippen LogP contribution in [0.2, 0.25) is 0 Å². The van der Waals surface area contributed by atoms with E-state index in [1.807, 2.05) is 24.3 Å². The third-order valence-corrected chi connectivity index (χ3v) is 3.69. The van der Waals surface area contributed by atoms with Gasteiger partial charge in [0.2, 0.25) is 0 Å². The number of aliphatic hydroxyl groups is 1. The Kier molecular flexibility index (Phi) is 7.88. The number of benzene rings is 2. The van der Waals surface area contributed by atoms with Crippen LogP contribution in [0, 0.1) is 0 Å². The van der Waals surface area contributed by atoms with E-state index in [0.29, 0.717) is 30.9 Å². The van der Waals surface area contributed by atoms with Gasteiger partial charge in [-0.1, -0.05) is 36.4 Å². The number of nitrogens with one attached hydrogen (secondary N) is 2. The van der Waals surface area contributed by atoms with Gasteiger partial charge in [0.15, 0.2) is 5.11 Å². The van der Waals surface area contributed by atoms with Crippen molar-refractivity contribution in [2.45, 2.75) is 12.8 Å². The van der Waals surface area contributed by atoms with Crippen LogP contribution in [0.25, 0.3) is 0 Å². The van der Waals surface area contributed by atoms with Gasteiger partial charge in [-0.15, -0.1) is 0 Å². The largest absolute Gasteiger partial charge is 0.493 e. The zero-order chi connectivity index (χ0) is 17.9. The van der Waals surface area contributed by atoms with E-state index in [9.17, 15) is 4.79 Å². The third kappa shape index (κ3) is 6.91. The number of thiocarbonyl (C=S) groups is 1. The molecule has 132 valence electrons. The van der Waals surface area contributed by atoms with Crippen molar-refractivity contribution in [3.8, 4) is 5.75 Å². The highest BCUT2D eigenvalue weighted by Gasteiger charge is 2.08. The van der Waals surface area contributed by atoms with Crippen molar-refractivity contribution >= 4 is 23.2 Å². The molecule has 0 radical (unpaired) electrons. The van der Waals surface area contributed by atoms with Crippen LogP contribution in [-0.2, 0) is 6.42 Å². The highest BCUT2D eigenvalue weighted by atomic mass is 32.1. The summed E-state index contributed by atoms with van der Waals surface area (Å²) in [5.41, 5.74) is 1.68. The van der Waals surface area contributed by atoms with Gasteiger partial charge in [0.1, 0.15) is 5.75 Å². The van der Waals surface area contributed by atoms with Crippen LogP contribution in [0.1, 0.15) is 22.3 Å². The molecule has 0 heterocycles. The van der Waals surface area contributed by atoms with Crippen molar-refractivity contribution in [3.05, 3.63) is 65.7 Å². The summed E-state index contributed by atoms with van der Waals surface area (Å²) in [6.45, 7) is 1.13. The molecule has 6 heteroatoms. The number of rotatable bonds is 8. The van der Waals surface area contributed by atoms with Gasteiger partial charge in [-0.2, -0.15) is 0 Å². The van der Waals surface area contributed by atoms with Gasteiger partial charge >= 0.3 is 0 Å². The molecule has 3 N–H and O–H groups in total. The minimum absolute atomic E-state index is 0.0753. The van der Waals surface area contributed by atoms with Gasteiger partial charge in [-0.3, -0.25) is 10.1 Å². The van der Waals surface area contributed by atoms with Crippen LogP contribution in [0.5, 0.6) is 5.75 Å². The number of carbonyl (C=O) groups is 1. The monoisotopic (exact) mass is 358 g/mol. The molecular weight excluding hydrogens is 336 g/mol. The number of carbonyl (C=O) groups excluding carboxylic acids is 1. The fourth-order valence-electron chi connectivity index (χ4n) is 2.16. The van der Waals surface area contributed by atoms with Crippen molar-refractivity contribution in [2.75, 3.05) is 19.8 Å². The normalized spacial score (nSPS) is 10.1. The molecule has 5 nitrogen and oxygen atoms in total. The molecule has 0 saturated heterocycles. The molecular formula is C19H22N2O3S. The van der Waals surface area contributed by atoms with E-state index in [-0.39, 0.29) is 17.6 Å². The Bertz CT molecular complexity index is 692. The Hall–Kier alpha value is -2.44. The van der Waals surface area contributed by atoms with Crippen molar-refractivity contribution < 1.29 is 14.6 Å². The molecule has 0 aromatic heterocycles. The number of ether oxygens (including phenoxy) is 1. The van der Waals surface area contributed by atoms with Crippen molar-refractivity contribution in [1.29, 1.82) is 0 Å². The Morgan fingerprint density at radius 3 is 2.68 bits per heavy atom. The molecule has 0 spiro atoms. The lowest BCUT2D eigenvalue weighted by Gasteiger charge is -2.10. The summed E-state index contributed by atoms with van der Waals surface area (Å²) in [7, 11) is 0. The molecule has 2 rings (SSSR count). The summed E-state index contributed by atoms with van der Waals surface area (Å²) in [5.74, 6) is 0.345. The zero-order valence-electron chi connectivity index (χ0n) is 13.9. The summed E-state index contributed by atoms with van der Waals surface area (Å²) in [6, 6.07) is 17.1. The standard InChI is InChI=1S/C19H22N2O3S/c22-12-5-11-20-19(25)21-18(23)16-8-4-9-17(14-16)24-13-10-15-6-2-1-3-7-15/h1-4,6-9,14,22H,5,10-13H2,(H2,20,21,23,25). The van der Waals surface area contributed by atoms with Crippen LogP contribution in [0.3, 0.4) is 0 Å². The smallest absolute Gasteiger partial charge is 0.257 e. The molecule has 0 aliphatic rings. The van der Waals surface area contributed by atoms with E-state index in [4.69, 9.17) is 22.1 Å². The lowest BCUT2D eigenvalue weighted by molar-refractivity contribution is 0.0976. The maximum atomic E-state index is 12.2. The summed E-state index contributed by atoms with van der Waals surface area (Å²) in [5, 5.41) is 14.4.